The van der Waals surface area contributed by atoms with Gasteiger partial charge in [0.1, 0.15) is 11.3 Å². The second-order valence-corrected chi connectivity index (χ2v) is 6.31. The van der Waals surface area contributed by atoms with Crippen LogP contribution in [0.3, 0.4) is 0 Å². The standard InChI is InChI=1S/C21H22N2O3/c1-5-23-12-17(20(24)16-11-15(26-4)7-9-19(16)23)21(25)22-18-8-6-13(2)10-14(18)3/h6-12H,5H2,1-4H3,(H,22,25). The first-order valence-corrected chi connectivity index (χ1v) is 8.54. The zero-order valence-corrected chi connectivity index (χ0v) is 15.4. The molecule has 0 spiro atoms. The predicted molar refractivity (Wildman–Crippen MR) is 104 cm³/mol. The lowest BCUT2D eigenvalue weighted by Gasteiger charge is -2.13. The number of aromatic nitrogens is 1. The van der Waals surface area contributed by atoms with E-state index in [2.05, 4.69) is 5.32 Å². The van der Waals surface area contributed by atoms with Crippen molar-refractivity contribution in [3.05, 3.63) is 69.5 Å². The summed E-state index contributed by atoms with van der Waals surface area (Å²) in [6.45, 7) is 6.54. The van der Waals surface area contributed by atoms with Gasteiger partial charge in [-0.05, 0) is 50.6 Å². The van der Waals surface area contributed by atoms with E-state index in [4.69, 9.17) is 4.74 Å². The van der Waals surface area contributed by atoms with Gasteiger partial charge in [0, 0.05) is 18.4 Å². The van der Waals surface area contributed by atoms with E-state index in [1.807, 2.05) is 55.7 Å². The molecule has 134 valence electrons. The lowest BCUT2D eigenvalue weighted by Crippen LogP contribution is -2.24. The van der Waals surface area contributed by atoms with Gasteiger partial charge in [-0.2, -0.15) is 0 Å². The Labute approximate surface area is 152 Å². The van der Waals surface area contributed by atoms with Crippen LogP contribution in [0.25, 0.3) is 10.9 Å². The number of fused-ring (bicyclic) bond motifs is 1. The predicted octanol–water partition coefficient (Wildman–Crippen LogP) is 3.90. The summed E-state index contributed by atoms with van der Waals surface area (Å²) in [5.41, 5.74) is 3.37. The minimum atomic E-state index is -0.408. The molecule has 0 saturated carbocycles. The number of benzene rings is 2. The highest BCUT2D eigenvalue weighted by molar-refractivity contribution is 6.06. The monoisotopic (exact) mass is 350 g/mol. The minimum Gasteiger partial charge on any atom is -0.497 e. The van der Waals surface area contributed by atoms with Crippen molar-refractivity contribution in [3.63, 3.8) is 0 Å². The molecule has 1 N–H and O–H groups in total. The van der Waals surface area contributed by atoms with E-state index < -0.39 is 5.91 Å². The maximum absolute atomic E-state index is 12.9. The van der Waals surface area contributed by atoms with Crippen molar-refractivity contribution >= 4 is 22.5 Å². The average molecular weight is 350 g/mol. The fourth-order valence-electron chi connectivity index (χ4n) is 3.07. The number of hydrogen-bond acceptors (Lipinski definition) is 3. The van der Waals surface area contributed by atoms with Crippen LogP contribution < -0.4 is 15.5 Å². The summed E-state index contributed by atoms with van der Waals surface area (Å²) in [6, 6.07) is 11.1. The van der Waals surface area contributed by atoms with Gasteiger partial charge >= 0.3 is 0 Å². The van der Waals surface area contributed by atoms with Gasteiger partial charge in [0.05, 0.1) is 18.0 Å². The highest BCUT2D eigenvalue weighted by Gasteiger charge is 2.16. The number of hydrogen-bond donors (Lipinski definition) is 1. The van der Waals surface area contributed by atoms with Crippen LogP contribution in [0, 0.1) is 13.8 Å². The Morgan fingerprint density at radius 3 is 2.58 bits per heavy atom. The zero-order chi connectivity index (χ0) is 18.8. The molecule has 1 heterocycles. The first kappa shape index (κ1) is 17.7. The first-order chi connectivity index (χ1) is 12.4. The van der Waals surface area contributed by atoms with Gasteiger partial charge in [-0.3, -0.25) is 9.59 Å². The summed E-state index contributed by atoms with van der Waals surface area (Å²) in [5.74, 6) is 0.179. The van der Waals surface area contributed by atoms with Crippen LogP contribution in [0.1, 0.15) is 28.4 Å². The Morgan fingerprint density at radius 1 is 1.15 bits per heavy atom. The van der Waals surface area contributed by atoms with Gasteiger partial charge in [-0.1, -0.05) is 17.7 Å². The molecular weight excluding hydrogens is 328 g/mol. The van der Waals surface area contributed by atoms with Crippen LogP contribution in [0.5, 0.6) is 5.75 Å². The van der Waals surface area contributed by atoms with Crippen LogP contribution in [-0.2, 0) is 6.54 Å². The maximum atomic E-state index is 12.9. The normalized spacial score (nSPS) is 10.8. The molecule has 26 heavy (non-hydrogen) atoms. The number of ether oxygens (including phenoxy) is 1. The molecule has 5 heteroatoms. The third-order valence-electron chi connectivity index (χ3n) is 4.50. The second-order valence-electron chi connectivity index (χ2n) is 6.31. The lowest BCUT2D eigenvalue weighted by molar-refractivity contribution is 0.102. The molecule has 0 radical (unpaired) electrons. The number of nitrogens with one attached hydrogen (secondary N) is 1. The van der Waals surface area contributed by atoms with Crippen LogP contribution in [0.4, 0.5) is 5.69 Å². The summed E-state index contributed by atoms with van der Waals surface area (Å²) < 4.78 is 7.12. The van der Waals surface area contributed by atoms with E-state index >= 15 is 0 Å². The van der Waals surface area contributed by atoms with Crippen molar-refractivity contribution in [1.82, 2.24) is 4.57 Å². The molecule has 0 saturated heterocycles. The van der Waals surface area contributed by atoms with Crippen molar-refractivity contribution in [2.24, 2.45) is 0 Å². The number of aryl methyl sites for hydroxylation is 3. The molecule has 0 aliphatic heterocycles. The number of rotatable bonds is 4. The number of carbonyl (C=O) groups excluding carboxylic acids is 1. The highest BCUT2D eigenvalue weighted by Crippen LogP contribution is 2.20. The van der Waals surface area contributed by atoms with E-state index in [0.29, 0.717) is 23.4 Å². The summed E-state index contributed by atoms with van der Waals surface area (Å²) in [4.78, 5) is 25.7. The molecule has 3 aromatic rings. The Morgan fingerprint density at radius 2 is 1.92 bits per heavy atom. The van der Waals surface area contributed by atoms with E-state index in [0.717, 1.165) is 16.6 Å². The molecule has 2 aromatic carbocycles. The van der Waals surface area contributed by atoms with Crippen molar-refractivity contribution in [2.75, 3.05) is 12.4 Å². The molecule has 5 nitrogen and oxygen atoms in total. The van der Waals surface area contributed by atoms with Gasteiger partial charge in [0.15, 0.2) is 0 Å². The number of nitrogens with zero attached hydrogens (tertiary/aromatic N) is 1. The van der Waals surface area contributed by atoms with Crippen molar-refractivity contribution in [3.8, 4) is 5.75 Å². The molecular formula is C21H22N2O3. The van der Waals surface area contributed by atoms with Crippen LogP contribution in [0.2, 0.25) is 0 Å². The first-order valence-electron chi connectivity index (χ1n) is 8.54. The summed E-state index contributed by atoms with van der Waals surface area (Å²) in [6.07, 6.45) is 1.62. The minimum absolute atomic E-state index is 0.118. The zero-order valence-electron chi connectivity index (χ0n) is 15.4. The topological polar surface area (TPSA) is 60.3 Å². The molecule has 0 bridgehead atoms. The van der Waals surface area contributed by atoms with Gasteiger partial charge in [-0.25, -0.2) is 0 Å². The Hall–Kier alpha value is -3.08. The second kappa shape index (κ2) is 7.04. The Bertz CT molecular complexity index is 1050. The van der Waals surface area contributed by atoms with Crippen LogP contribution >= 0.6 is 0 Å². The number of anilines is 1. The fourth-order valence-corrected chi connectivity index (χ4v) is 3.07. The van der Waals surface area contributed by atoms with E-state index in [1.165, 1.54) is 0 Å². The van der Waals surface area contributed by atoms with Crippen LogP contribution in [0.15, 0.2) is 47.4 Å². The molecule has 0 fully saturated rings. The number of methoxy groups -OCH3 is 1. The maximum Gasteiger partial charge on any atom is 0.261 e. The molecule has 0 aliphatic carbocycles. The van der Waals surface area contributed by atoms with Crippen LogP contribution in [-0.4, -0.2) is 17.6 Å². The van der Waals surface area contributed by atoms with Crippen molar-refractivity contribution in [1.29, 1.82) is 0 Å². The third kappa shape index (κ3) is 3.20. The van der Waals surface area contributed by atoms with Crippen molar-refractivity contribution < 1.29 is 9.53 Å². The van der Waals surface area contributed by atoms with Crippen molar-refractivity contribution in [2.45, 2.75) is 27.3 Å². The molecule has 0 aliphatic rings. The smallest absolute Gasteiger partial charge is 0.261 e. The number of carbonyl (C=O) groups is 1. The van der Waals surface area contributed by atoms with Gasteiger partial charge < -0.3 is 14.6 Å². The van der Waals surface area contributed by atoms with E-state index in [9.17, 15) is 9.59 Å². The van der Waals surface area contributed by atoms with Gasteiger partial charge in [0.25, 0.3) is 5.91 Å². The fraction of sp³-hybridized carbons (Fsp3) is 0.238. The van der Waals surface area contributed by atoms with E-state index in [1.54, 1.807) is 19.4 Å². The Balaban J connectivity index is 2.10. The van der Waals surface area contributed by atoms with Gasteiger partial charge in [-0.15, -0.1) is 0 Å². The molecule has 0 unspecified atom stereocenters. The lowest BCUT2D eigenvalue weighted by atomic mass is 10.1. The SMILES string of the molecule is CCn1cc(C(=O)Nc2ccc(C)cc2C)c(=O)c2cc(OC)ccc21. The molecule has 0 atom stereocenters. The van der Waals surface area contributed by atoms with Gasteiger partial charge in [0.2, 0.25) is 5.43 Å². The molecule has 1 amide bonds. The number of pyridine rings is 1. The molecule has 3 rings (SSSR count). The third-order valence-corrected chi connectivity index (χ3v) is 4.50. The average Bonchev–Trinajstić information content (AvgIpc) is 2.64. The summed E-state index contributed by atoms with van der Waals surface area (Å²) in [7, 11) is 1.55. The Kier molecular flexibility index (Phi) is 4.80. The summed E-state index contributed by atoms with van der Waals surface area (Å²) >= 11 is 0. The molecule has 1 aromatic heterocycles. The van der Waals surface area contributed by atoms with E-state index in [-0.39, 0.29) is 11.0 Å². The highest BCUT2D eigenvalue weighted by atomic mass is 16.5. The largest absolute Gasteiger partial charge is 0.497 e. The number of amides is 1. The quantitative estimate of drug-likeness (QED) is 0.776. The summed E-state index contributed by atoms with van der Waals surface area (Å²) in [5, 5.41) is 3.33.